The van der Waals surface area contributed by atoms with Gasteiger partial charge >= 0.3 is 0 Å². The van der Waals surface area contributed by atoms with E-state index < -0.39 is 5.60 Å². The highest BCUT2D eigenvalue weighted by molar-refractivity contribution is 5.37. The molecule has 1 unspecified atom stereocenters. The van der Waals surface area contributed by atoms with Crippen LogP contribution in [0.5, 0.6) is 0 Å². The van der Waals surface area contributed by atoms with E-state index in [0.29, 0.717) is 12.5 Å². The van der Waals surface area contributed by atoms with Gasteiger partial charge in [0, 0.05) is 32.2 Å². The van der Waals surface area contributed by atoms with E-state index in [4.69, 9.17) is 9.47 Å². The second-order valence-electron chi connectivity index (χ2n) is 8.37. The van der Waals surface area contributed by atoms with Gasteiger partial charge in [0.15, 0.2) is 0 Å². The molecule has 29 heavy (non-hydrogen) atoms. The summed E-state index contributed by atoms with van der Waals surface area (Å²) < 4.78 is 11.6. The van der Waals surface area contributed by atoms with Crippen LogP contribution in [0.15, 0.2) is 60.7 Å². The van der Waals surface area contributed by atoms with Crippen LogP contribution < -0.4 is 0 Å². The average Bonchev–Trinajstić information content (AvgIpc) is 2.77. The summed E-state index contributed by atoms with van der Waals surface area (Å²) in [5, 5.41) is 12.2. The Morgan fingerprint density at radius 2 is 1.52 bits per heavy atom. The van der Waals surface area contributed by atoms with Crippen LogP contribution in [0.4, 0.5) is 0 Å². The fourth-order valence-corrected chi connectivity index (χ4v) is 3.97. The summed E-state index contributed by atoms with van der Waals surface area (Å²) in [7, 11) is 0. The molecule has 0 spiro atoms. The third-order valence-electron chi connectivity index (χ3n) is 5.76. The van der Waals surface area contributed by atoms with Gasteiger partial charge in [-0.25, -0.2) is 0 Å². The minimum absolute atomic E-state index is 0.0856. The third kappa shape index (κ3) is 5.89. The Hall–Kier alpha value is -1.72. The van der Waals surface area contributed by atoms with E-state index in [9.17, 15) is 5.11 Å². The van der Waals surface area contributed by atoms with Crippen LogP contribution in [0, 0.1) is 11.8 Å². The molecule has 3 rings (SSSR count). The topological polar surface area (TPSA) is 41.9 Å². The lowest BCUT2D eigenvalue weighted by molar-refractivity contribution is -0.0573. The normalized spacial score (nSPS) is 16.8. The predicted octanol–water partition coefficient (Wildman–Crippen LogP) is 3.93. The van der Waals surface area contributed by atoms with Gasteiger partial charge < -0.3 is 14.6 Å². The Kier molecular flexibility index (Phi) is 8.25. The van der Waals surface area contributed by atoms with Gasteiger partial charge in [-0.15, -0.1) is 0 Å². The number of nitrogens with zero attached hydrogens (tertiary/aromatic N) is 1. The van der Waals surface area contributed by atoms with Crippen molar-refractivity contribution in [3.05, 3.63) is 71.8 Å². The lowest BCUT2D eigenvalue weighted by atomic mass is 9.76. The Balaban J connectivity index is 1.90. The van der Waals surface area contributed by atoms with Gasteiger partial charge in [-0.2, -0.15) is 0 Å². The van der Waals surface area contributed by atoms with E-state index in [1.165, 1.54) is 0 Å². The minimum Gasteiger partial charge on any atom is -0.381 e. The first-order valence-electron chi connectivity index (χ1n) is 10.8. The smallest absolute Gasteiger partial charge is 0.121 e. The van der Waals surface area contributed by atoms with E-state index in [1.54, 1.807) is 0 Å². The predicted molar refractivity (Wildman–Crippen MR) is 117 cm³/mol. The van der Waals surface area contributed by atoms with Crippen LogP contribution in [-0.2, 0) is 15.1 Å². The van der Waals surface area contributed by atoms with Crippen molar-refractivity contribution in [3.8, 4) is 0 Å². The van der Waals surface area contributed by atoms with Crippen LogP contribution >= 0.6 is 0 Å². The van der Waals surface area contributed by atoms with Crippen molar-refractivity contribution >= 4 is 0 Å². The van der Waals surface area contributed by atoms with Crippen molar-refractivity contribution in [1.29, 1.82) is 0 Å². The number of aliphatic hydroxyl groups is 1. The standard InChI is InChI=1S/C25H35NO3/c1-21(2)13-16-29-20-24(19-26-14-17-28-18-15-26)25(27,22-9-5-3-6-10-22)23-11-7-4-8-12-23/h3-12,21,24,27H,13-20H2,1-2H3. The molecular formula is C25H35NO3. The molecule has 2 aromatic carbocycles. The first-order valence-corrected chi connectivity index (χ1v) is 10.8. The summed E-state index contributed by atoms with van der Waals surface area (Å²) in [6.45, 7) is 9.70. The Morgan fingerprint density at radius 3 is 2.03 bits per heavy atom. The van der Waals surface area contributed by atoms with E-state index in [2.05, 4.69) is 18.7 Å². The molecule has 158 valence electrons. The fourth-order valence-electron chi connectivity index (χ4n) is 3.97. The van der Waals surface area contributed by atoms with Crippen LogP contribution in [-0.4, -0.2) is 56.1 Å². The molecule has 0 radical (unpaired) electrons. The van der Waals surface area contributed by atoms with Crippen LogP contribution in [0.3, 0.4) is 0 Å². The van der Waals surface area contributed by atoms with Gasteiger partial charge in [-0.1, -0.05) is 74.5 Å². The number of ether oxygens (including phenoxy) is 2. The molecule has 1 heterocycles. The molecule has 1 aliphatic heterocycles. The molecular weight excluding hydrogens is 362 g/mol. The van der Waals surface area contributed by atoms with Gasteiger partial charge in [0.2, 0.25) is 0 Å². The molecule has 0 saturated carbocycles. The molecule has 0 bridgehead atoms. The summed E-state index contributed by atoms with van der Waals surface area (Å²) in [4.78, 5) is 2.39. The van der Waals surface area contributed by atoms with Crippen LogP contribution in [0.1, 0.15) is 31.4 Å². The molecule has 1 saturated heterocycles. The molecule has 0 amide bonds. The van der Waals surface area contributed by atoms with Crippen molar-refractivity contribution in [2.45, 2.75) is 25.9 Å². The largest absolute Gasteiger partial charge is 0.381 e. The molecule has 0 aliphatic carbocycles. The molecule has 1 N–H and O–H groups in total. The SMILES string of the molecule is CC(C)CCOCC(CN1CCOCC1)C(O)(c1ccccc1)c1ccccc1. The molecule has 0 aromatic heterocycles. The van der Waals surface area contributed by atoms with Gasteiger partial charge in [0.05, 0.1) is 19.8 Å². The summed E-state index contributed by atoms with van der Waals surface area (Å²) >= 11 is 0. The number of morpholine rings is 1. The maximum atomic E-state index is 12.2. The molecule has 1 aliphatic rings. The maximum absolute atomic E-state index is 12.2. The highest BCUT2D eigenvalue weighted by Gasteiger charge is 2.41. The second kappa shape index (κ2) is 10.9. The molecule has 4 heteroatoms. The average molecular weight is 398 g/mol. The first-order chi connectivity index (χ1) is 14.1. The molecule has 1 fully saturated rings. The van der Waals surface area contributed by atoms with Crippen molar-refractivity contribution in [1.82, 2.24) is 4.90 Å². The number of benzene rings is 2. The van der Waals surface area contributed by atoms with Gasteiger partial charge in [-0.05, 0) is 23.5 Å². The third-order valence-corrected chi connectivity index (χ3v) is 5.76. The first kappa shape index (κ1) is 22.0. The number of hydrogen-bond donors (Lipinski definition) is 1. The van der Waals surface area contributed by atoms with Crippen molar-refractivity contribution in [2.24, 2.45) is 11.8 Å². The highest BCUT2D eigenvalue weighted by Crippen LogP contribution is 2.38. The van der Waals surface area contributed by atoms with Gasteiger partial charge in [-0.3, -0.25) is 4.90 Å². The summed E-state index contributed by atoms with van der Waals surface area (Å²) in [5.41, 5.74) is 0.715. The molecule has 2 aromatic rings. The minimum atomic E-state index is -1.11. The van der Waals surface area contributed by atoms with E-state index in [1.807, 2.05) is 60.7 Å². The van der Waals surface area contributed by atoms with Gasteiger partial charge in [0.25, 0.3) is 0 Å². The lowest BCUT2D eigenvalue weighted by Gasteiger charge is -2.40. The van der Waals surface area contributed by atoms with Crippen molar-refractivity contribution in [2.75, 3.05) is 46.1 Å². The monoisotopic (exact) mass is 397 g/mol. The van der Waals surface area contributed by atoms with E-state index in [0.717, 1.165) is 57.0 Å². The summed E-state index contributed by atoms with van der Waals surface area (Å²) in [5.74, 6) is 0.521. The quantitative estimate of drug-likeness (QED) is 0.617. The summed E-state index contributed by atoms with van der Waals surface area (Å²) in [6, 6.07) is 20.0. The Morgan fingerprint density at radius 1 is 0.966 bits per heavy atom. The van der Waals surface area contributed by atoms with Gasteiger partial charge in [0.1, 0.15) is 5.60 Å². The molecule has 1 atom stereocenters. The second-order valence-corrected chi connectivity index (χ2v) is 8.37. The van der Waals surface area contributed by atoms with E-state index >= 15 is 0 Å². The zero-order chi connectivity index (χ0) is 20.5. The van der Waals surface area contributed by atoms with Crippen molar-refractivity contribution < 1.29 is 14.6 Å². The lowest BCUT2D eigenvalue weighted by Crippen LogP contribution is -2.48. The number of hydrogen-bond acceptors (Lipinski definition) is 4. The van der Waals surface area contributed by atoms with E-state index in [-0.39, 0.29) is 5.92 Å². The fraction of sp³-hybridized carbons (Fsp3) is 0.520. The van der Waals surface area contributed by atoms with Crippen molar-refractivity contribution in [3.63, 3.8) is 0 Å². The van der Waals surface area contributed by atoms with Crippen LogP contribution in [0.2, 0.25) is 0 Å². The Labute approximate surface area is 175 Å². The zero-order valence-corrected chi connectivity index (χ0v) is 17.8. The number of rotatable bonds is 10. The summed E-state index contributed by atoms with van der Waals surface area (Å²) in [6.07, 6.45) is 1.03. The van der Waals surface area contributed by atoms with Crippen LogP contribution in [0.25, 0.3) is 0 Å². The highest BCUT2D eigenvalue weighted by atomic mass is 16.5. The maximum Gasteiger partial charge on any atom is 0.121 e. The Bertz CT molecular complexity index is 659. The zero-order valence-electron chi connectivity index (χ0n) is 17.8. The molecule has 4 nitrogen and oxygen atoms in total.